The predicted molar refractivity (Wildman–Crippen MR) is 118 cm³/mol. The first-order valence-electron chi connectivity index (χ1n) is 10.1. The second kappa shape index (κ2) is 8.97. The van der Waals surface area contributed by atoms with E-state index in [4.69, 9.17) is 0 Å². The second-order valence-electron chi connectivity index (χ2n) is 7.37. The minimum absolute atomic E-state index is 0.158. The van der Waals surface area contributed by atoms with Crippen LogP contribution in [0.3, 0.4) is 0 Å². The van der Waals surface area contributed by atoms with Crippen LogP contribution in [0.4, 0.5) is 11.4 Å². The molecular weight excluding hydrogens is 386 g/mol. The molecule has 3 rings (SSSR count). The van der Waals surface area contributed by atoms with Gasteiger partial charge in [-0.3, -0.25) is 4.79 Å². The molecule has 0 unspecified atom stereocenters. The minimum Gasteiger partial charge on any atom is -0.372 e. The molecule has 0 bridgehead atoms. The number of carbonyl (C=O) groups excluding carboxylic acids is 1. The zero-order valence-corrected chi connectivity index (χ0v) is 18.1. The first-order valence-corrected chi connectivity index (χ1v) is 11.9. The fourth-order valence-corrected chi connectivity index (χ4v) is 4.54. The SMILES string of the molecule is CCCN(CC)c1ccc(C(=O)Nc2cccc3c2CCN(S(C)(=O)=O)C3)cc1. The highest BCUT2D eigenvalue weighted by Crippen LogP contribution is 2.28. The van der Waals surface area contributed by atoms with Crippen molar-refractivity contribution >= 4 is 27.3 Å². The number of benzene rings is 2. The molecule has 156 valence electrons. The number of sulfonamides is 1. The maximum atomic E-state index is 12.8. The van der Waals surface area contributed by atoms with E-state index in [1.165, 1.54) is 10.6 Å². The summed E-state index contributed by atoms with van der Waals surface area (Å²) >= 11 is 0. The molecule has 0 saturated heterocycles. The lowest BCUT2D eigenvalue weighted by Crippen LogP contribution is -2.35. The Morgan fingerprint density at radius 2 is 1.86 bits per heavy atom. The van der Waals surface area contributed by atoms with Gasteiger partial charge in [0.1, 0.15) is 0 Å². The first-order chi connectivity index (χ1) is 13.8. The lowest BCUT2D eigenvalue weighted by atomic mass is 9.99. The van der Waals surface area contributed by atoms with E-state index in [0.717, 1.165) is 42.0 Å². The molecule has 7 heteroatoms. The highest BCUT2D eigenvalue weighted by molar-refractivity contribution is 7.88. The summed E-state index contributed by atoms with van der Waals surface area (Å²) in [5, 5.41) is 3.01. The van der Waals surface area contributed by atoms with Crippen LogP contribution in [0.1, 0.15) is 41.8 Å². The molecule has 0 aromatic heterocycles. The second-order valence-corrected chi connectivity index (χ2v) is 9.35. The maximum Gasteiger partial charge on any atom is 0.255 e. The number of nitrogens with zero attached hydrogens (tertiary/aromatic N) is 2. The molecule has 0 atom stereocenters. The molecule has 1 amide bonds. The number of hydrogen-bond donors (Lipinski definition) is 1. The Kier molecular flexibility index (Phi) is 6.59. The Morgan fingerprint density at radius 1 is 1.14 bits per heavy atom. The van der Waals surface area contributed by atoms with E-state index in [2.05, 4.69) is 24.1 Å². The summed E-state index contributed by atoms with van der Waals surface area (Å²) in [5.41, 5.74) is 4.42. The van der Waals surface area contributed by atoms with Crippen LogP contribution in [0.2, 0.25) is 0 Å². The molecule has 0 saturated carbocycles. The summed E-state index contributed by atoms with van der Waals surface area (Å²) in [4.78, 5) is 15.0. The van der Waals surface area contributed by atoms with Crippen LogP contribution in [0.5, 0.6) is 0 Å². The van der Waals surface area contributed by atoms with E-state index >= 15 is 0 Å². The van der Waals surface area contributed by atoms with Gasteiger partial charge in [0.25, 0.3) is 5.91 Å². The van der Waals surface area contributed by atoms with Gasteiger partial charge in [0, 0.05) is 43.1 Å². The molecule has 0 aliphatic carbocycles. The number of amides is 1. The minimum atomic E-state index is -3.22. The van der Waals surface area contributed by atoms with Gasteiger partial charge in [0.2, 0.25) is 10.0 Å². The number of nitrogens with one attached hydrogen (secondary N) is 1. The molecule has 0 radical (unpaired) electrons. The summed E-state index contributed by atoms with van der Waals surface area (Å²) < 4.78 is 25.1. The molecule has 1 aliphatic rings. The summed E-state index contributed by atoms with van der Waals surface area (Å²) in [5.74, 6) is -0.158. The van der Waals surface area contributed by atoms with Crippen LogP contribution >= 0.6 is 0 Å². The summed E-state index contributed by atoms with van der Waals surface area (Å²) in [7, 11) is -3.22. The molecule has 1 N–H and O–H groups in total. The van der Waals surface area contributed by atoms with E-state index < -0.39 is 10.0 Å². The lowest BCUT2D eigenvalue weighted by Gasteiger charge is -2.28. The van der Waals surface area contributed by atoms with Gasteiger partial charge >= 0.3 is 0 Å². The number of hydrogen-bond acceptors (Lipinski definition) is 4. The van der Waals surface area contributed by atoms with Gasteiger partial charge < -0.3 is 10.2 Å². The van der Waals surface area contributed by atoms with E-state index in [0.29, 0.717) is 25.1 Å². The molecule has 0 fully saturated rings. The van der Waals surface area contributed by atoms with E-state index in [1.54, 1.807) is 0 Å². The number of rotatable bonds is 7. The zero-order chi connectivity index (χ0) is 21.0. The zero-order valence-electron chi connectivity index (χ0n) is 17.3. The van der Waals surface area contributed by atoms with Crippen molar-refractivity contribution in [1.29, 1.82) is 0 Å². The van der Waals surface area contributed by atoms with Crippen LogP contribution in [0, 0.1) is 0 Å². The molecule has 29 heavy (non-hydrogen) atoms. The van der Waals surface area contributed by atoms with Crippen molar-refractivity contribution in [3.63, 3.8) is 0 Å². The van der Waals surface area contributed by atoms with Crippen LogP contribution < -0.4 is 10.2 Å². The van der Waals surface area contributed by atoms with Crippen molar-refractivity contribution in [2.75, 3.05) is 36.1 Å². The van der Waals surface area contributed by atoms with E-state index in [-0.39, 0.29) is 5.91 Å². The quantitative estimate of drug-likeness (QED) is 0.752. The van der Waals surface area contributed by atoms with Crippen molar-refractivity contribution < 1.29 is 13.2 Å². The summed E-state index contributed by atoms with van der Waals surface area (Å²) in [6, 6.07) is 13.3. The van der Waals surface area contributed by atoms with Crippen LogP contribution in [-0.4, -0.2) is 44.5 Å². The Morgan fingerprint density at radius 3 is 2.48 bits per heavy atom. The summed E-state index contributed by atoms with van der Waals surface area (Å²) in [6.45, 7) is 6.97. The Hall–Kier alpha value is -2.38. The van der Waals surface area contributed by atoms with Crippen molar-refractivity contribution in [1.82, 2.24) is 4.31 Å². The molecule has 0 spiro atoms. The third-order valence-electron chi connectivity index (χ3n) is 5.32. The van der Waals surface area contributed by atoms with Crippen LogP contribution in [-0.2, 0) is 23.0 Å². The lowest BCUT2D eigenvalue weighted by molar-refractivity contribution is 0.102. The highest BCUT2D eigenvalue weighted by Gasteiger charge is 2.25. The number of anilines is 2. The number of fused-ring (bicyclic) bond motifs is 1. The fourth-order valence-electron chi connectivity index (χ4n) is 3.74. The standard InChI is InChI=1S/C22H29N3O3S/c1-4-14-24(5-2)19-11-9-17(10-12-19)22(26)23-21-8-6-7-18-16-25(29(3,27)28)15-13-20(18)21/h6-12H,4-5,13-16H2,1-3H3,(H,23,26). The Balaban J connectivity index is 1.75. The van der Waals surface area contributed by atoms with Gasteiger partial charge in [-0.05, 0) is 61.2 Å². The van der Waals surface area contributed by atoms with Crippen molar-refractivity contribution in [2.24, 2.45) is 0 Å². The molecular formula is C22H29N3O3S. The van der Waals surface area contributed by atoms with Crippen LogP contribution in [0.15, 0.2) is 42.5 Å². The first kappa shape index (κ1) is 21.3. The van der Waals surface area contributed by atoms with Crippen LogP contribution in [0.25, 0.3) is 0 Å². The fraction of sp³-hybridized carbons (Fsp3) is 0.409. The smallest absolute Gasteiger partial charge is 0.255 e. The molecule has 1 aliphatic heterocycles. The normalized spacial score (nSPS) is 14.3. The molecule has 6 nitrogen and oxygen atoms in total. The Labute approximate surface area is 173 Å². The van der Waals surface area contributed by atoms with E-state index in [1.807, 2.05) is 42.5 Å². The molecule has 1 heterocycles. The van der Waals surface area contributed by atoms with Gasteiger partial charge in [-0.2, -0.15) is 4.31 Å². The Bertz CT molecular complexity index is 971. The third-order valence-corrected chi connectivity index (χ3v) is 6.57. The topological polar surface area (TPSA) is 69.7 Å². The monoisotopic (exact) mass is 415 g/mol. The average molecular weight is 416 g/mol. The van der Waals surface area contributed by atoms with Gasteiger partial charge in [-0.25, -0.2) is 8.42 Å². The average Bonchev–Trinajstić information content (AvgIpc) is 2.71. The van der Waals surface area contributed by atoms with Gasteiger partial charge in [-0.1, -0.05) is 19.1 Å². The van der Waals surface area contributed by atoms with Crippen molar-refractivity contribution in [2.45, 2.75) is 33.2 Å². The number of carbonyl (C=O) groups is 1. The summed E-state index contributed by atoms with van der Waals surface area (Å²) in [6.07, 6.45) is 2.89. The van der Waals surface area contributed by atoms with E-state index in [9.17, 15) is 13.2 Å². The van der Waals surface area contributed by atoms with Gasteiger partial charge in [-0.15, -0.1) is 0 Å². The largest absolute Gasteiger partial charge is 0.372 e. The highest BCUT2D eigenvalue weighted by atomic mass is 32.2. The third kappa shape index (κ3) is 4.97. The maximum absolute atomic E-state index is 12.8. The predicted octanol–water partition coefficient (Wildman–Crippen LogP) is 3.49. The van der Waals surface area contributed by atoms with Crippen molar-refractivity contribution in [3.05, 3.63) is 59.2 Å². The van der Waals surface area contributed by atoms with Crippen molar-refractivity contribution in [3.8, 4) is 0 Å². The van der Waals surface area contributed by atoms with Gasteiger partial charge in [0.15, 0.2) is 0 Å². The molecule has 2 aromatic rings. The molecule has 2 aromatic carbocycles. The van der Waals surface area contributed by atoms with Gasteiger partial charge in [0.05, 0.1) is 6.26 Å².